The lowest BCUT2D eigenvalue weighted by atomic mass is 10.2. The maximum absolute atomic E-state index is 12.3. The van der Waals surface area contributed by atoms with Crippen molar-refractivity contribution in [2.45, 2.75) is 24.8 Å². The van der Waals surface area contributed by atoms with Crippen LogP contribution in [-0.2, 0) is 29.1 Å². The van der Waals surface area contributed by atoms with E-state index < -0.39 is 27.9 Å². The topological polar surface area (TPSA) is 102 Å². The van der Waals surface area contributed by atoms with Gasteiger partial charge in [-0.2, -0.15) is 0 Å². The van der Waals surface area contributed by atoms with Gasteiger partial charge in [0, 0.05) is 26.3 Å². The van der Waals surface area contributed by atoms with E-state index in [0.29, 0.717) is 18.7 Å². The molecule has 0 saturated carbocycles. The Bertz CT molecular complexity index is 759. The molecule has 0 bridgehead atoms. The summed E-state index contributed by atoms with van der Waals surface area (Å²) < 4.78 is 36.2. The van der Waals surface area contributed by atoms with Crippen LogP contribution >= 0.6 is 0 Å². The molecular weight excluding hydrogens is 372 g/mol. The van der Waals surface area contributed by atoms with Gasteiger partial charge >= 0.3 is 5.97 Å². The van der Waals surface area contributed by atoms with Crippen LogP contribution in [0.4, 0.5) is 0 Å². The molecule has 1 atom stereocenters. The molecule has 150 valence electrons. The lowest BCUT2D eigenvalue weighted by Crippen LogP contribution is -2.45. The highest BCUT2D eigenvalue weighted by Gasteiger charge is 2.26. The fraction of sp³-hybridized carbons (Fsp3) is 0.444. The number of rotatable bonds is 10. The molecule has 8 nitrogen and oxygen atoms in total. The third-order valence-corrected chi connectivity index (χ3v) is 5.27. The Morgan fingerprint density at radius 3 is 2.37 bits per heavy atom. The molecule has 1 aromatic rings. The Kier molecular flexibility index (Phi) is 9.13. The van der Waals surface area contributed by atoms with Crippen molar-refractivity contribution in [3.05, 3.63) is 35.9 Å². The van der Waals surface area contributed by atoms with Crippen LogP contribution in [0.2, 0.25) is 0 Å². The number of nitrogens with zero attached hydrogens (tertiary/aromatic N) is 1. The Morgan fingerprint density at radius 1 is 1.22 bits per heavy atom. The van der Waals surface area contributed by atoms with Crippen LogP contribution in [-0.4, -0.2) is 65.2 Å². The number of ether oxygens (including phenoxy) is 2. The van der Waals surface area contributed by atoms with Gasteiger partial charge in [0.15, 0.2) is 6.04 Å². The molecule has 1 amide bonds. The molecule has 0 radical (unpaired) electrons. The van der Waals surface area contributed by atoms with E-state index >= 15 is 0 Å². The van der Waals surface area contributed by atoms with Crippen molar-refractivity contribution in [3.8, 4) is 0 Å². The van der Waals surface area contributed by atoms with E-state index in [-0.39, 0.29) is 11.5 Å². The van der Waals surface area contributed by atoms with Crippen molar-refractivity contribution in [2.75, 3.05) is 33.9 Å². The van der Waals surface area contributed by atoms with Crippen molar-refractivity contribution >= 4 is 28.0 Å². The normalized spacial score (nSPS) is 12.7. The predicted octanol–water partition coefficient (Wildman–Crippen LogP) is 1.03. The summed E-state index contributed by atoms with van der Waals surface area (Å²) in [6.07, 6.45) is 2.84. The van der Waals surface area contributed by atoms with E-state index in [1.165, 1.54) is 43.3 Å². The number of hydrogen-bond donors (Lipinski definition) is 1. The van der Waals surface area contributed by atoms with Gasteiger partial charge in [0.05, 0.1) is 18.6 Å². The van der Waals surface area contributed by atoms with Gasteiger partial charge in [-0.05, 0) is 30.7 Å². The van der Waals surface area contributed by atoms with E-state index in [0.717, 1.165) is 0 Å². The zero-order valence-corrected chi connectivity index (χ0v) is 16.8. The fourth-order valence-corrected chi connectivity index (χ4v) is 3.21. The molecule has 0 aliphatic rings. The summed E-state index contributed by atoms with van der Waals surface area (Å²) >= 11 is 0. The number of carbonyl (C=O) groups excluding carboxylic acids is 2. The molecule has 0 heterocycles. The molecule has 9 heteroatoms. The minimum absolute atomic E-state index is 0.0379. The summed E-state index contributed by atoms with van der Waals surface area (Å²) in [6.45, 7) is 4.23. The summed E-state index contributed by atoms with van der Waals surface area (Å²) in [6, 6.07) is 5.24. The van der Waals surface area contributed by atoms with Crippen LogP contribution in [0.15, 0.2) is 35.2 Å². The molecule has 1 N–H and O–H groups in total. The monoisotopic (exact) mass is 398 g/mol. The van der Waals surface area contributed by atoms with Crippen molar-refractivity contribution < 1.29 is 27.5 Å². The first kappa shape index (κ1) is 22.8. The summed E-state index contributed by atoms with van der Waals surface area (Å²) in [5.74, 6) is -0.972. The van der Waals surface area contributed by atoms with Crippen molar-refractivity contribution in [1.82, 2.24) is 9.62 Å². The maximum atomic E-state index is 12.3. The second kappa shape index (κ2) is 10.8. The number of hydrogen-bond acceptors (Lipinski definition) is 6. The lowest BCUT2D eigenvalue weighted by Gasteiger charge is -2.24. The first-order valence-electron chi connectivity index (χ1n) is 8.47. The van der Waals surface area contributed by atoms with Gasteiger partial charge in [-0.3, -0.25) is 4.79 Å². The number of carbonyl (C=O) groups is 2. The zero-order valence-electron chi connectivity index (χ0n) is 16.0. The van der Waals surface area contributed by atoms with E-state index in [9.17, 15) is 18.0 Å². The molecule has 0 saturated heterocycles. The Balaban J connectivity index is 2.85. The van der Waals surface area contributed by atoms with E-state index in [4.69, 9.17) is 9.47 Å². The Hall–Kier alpha value is -2.23. The van der Waals surface area contributed by atoms with Crippen LogP contribution in [0, 0.1) is 0 Å². The number of nitrogens with one attached hydrogen (secondary N) is 1. The largest absolute Gasteiger partial charge is 0.467 e. The van der Waals surface area contributed by atoms with Crippen LogP contribution in [0.1, 0.15) is 19.4 Å². The fourth-order valence-electron chi connectivity index (χ4n) is 2.17. The van der Waals surface area contributed by atoms with Crippen LogP contribution in [0.3, 0.4) is 0 Å². The quantitative estimate of drug-likeness (QED) is 0.467. The number of amides is 1. The van der Waals surface area contributed by atoms with Crippen molar-refractivity contribution in [3.63, 3.8) is 0 Å². The van der Waals surface area contributed by atoms with Crippen LogP contribution < -0.4 is 4.72 Å². The van der Waals surface area contributed by atoms with Crippen LogP contribution in [0.25, 0.3) is 6.08 Å². The first-order valence-corrected chi connectivity index (χ1v) is 9.95. The number of methoxy groups -OCH3 is 1. The third-order valence-electron chi connectivity index (χ3n) is 3.71. The Morgan fingerprint density at radius 2 is 1.85 bits per heavy atom. The van der Waals surface area contributed by atoms with Gasteiger partial charge in [0.25, 0.3) is 0 Å². The molecule has 1 aromatic carbocycles. The molecular formula is C18H26N2O6S. The van der Waals surface area contributed by atoms with Gasteiger partial charge in [-0.25, -0.2) is 17.9 Å². The second-order valence-electron chi connectivity index (χ2n) is 5.55. The van der Waals surface area contributed by atoms with Crippen LogP contribution in [0.5, 0.6) is 0 Å². The van der Waals surface area contributed by atoms with E-state index in [1.807, 2.05) is 0 Å². The molecule has 1 unspecified atom stereocenters. The van der Waals surface area contributed by atoms with E-state index in [2.05, 4.69) is 4.72 Å². The molecule has 0 aromatic heterocycles. The number of sulfonamides is 1. The molecule has 27 heavy (non-hydrogen) atoms. The summed E-state index contributed by atoms with van der Waals surface area (Å²) in [5.41, 5.74) is 0.645. The molecule has 0 spiro atoms. The highest BCUT2D eigenvalue weighted by molar-refractivity contribution is 7.89. The summed E-state index contributed by atoms with van der Waals surface area (Å²) in [5, 5.41) is 0. The third kappa shape index (κ3) is 6.78. The smallest absolute Gasteiger partial charge is 0.331 e. The highest BCUT2D eigenvalue weighted by Crippen LogP contribution is 2.12. The average molecular weight is 398 g/mol. The zero-order chi connectivity index (χ0) is 20.4. The molecule has 0 aliphatic carbocycles. The second-order valence-corrected chi connectivity index (χ2v) is 7.32. The van der Waals surface area contributed by atoms with Crippen molar-refractivity contribution in [2.24, 2.45) is 0 Å². The summed E-state index contributed by atoms with van der Waals surface area (Å²) in [7, 11) is -0.785. The number of likely N-dealkylation sites (N-methyl/N-ethyl adjacent to an activating group) is 1. The standard InChI is InChI=1S/C18H26N2O6S/c1-5-19-27(23,24)15-10-7-14(8-11-15)9-12-17(21)20(3)16(13-26-6-2)18(22)25-4/h7-12,16,19H,5-6,13H2,1-4H3. The SMILES string of the molecule is CCNS(=O)(=O)c1ccc(C=CC(=O)N(C)C(COCC)C(=O)OC)cc1. The van der Waals surface area contributed by atoms with Gasteiger partial charge in [0.1, 0.15) is 0 Å². The molecule has 0 aliphatic heterocycles. The average Bonchev–Trinajstić information content (AvgIpc) is 2.66. The minimum atomic E-state index is -3.52. The lowest BCUT2D eigenvalue weighted by molar-refractivity contribution is -0.152. The van der Waals surface area contributed by atoms with Gasteiger partial charge in [0.2, 0.25) is 15.9 Å². The summed E-state index contributed by atoms with van der Waals surface area (Å²) in [4.78, 5) is 25.5. The van der Waals surface area contributed by atoms with Gasteiger partial charge in [-0.15, -0.1) is 0 Å². The van der Waals surface area contributed by atoms with E-state index in [1.54, 1.807) is 26.0 Å². The van der Waals surface area contributed by atoms with Gasteiger partial charge in [-0.1, -0.05) is 19.1 Å². The van der Waals surface area contributed by atoms with Crippen molar-refractivity contribution in [1.29, 1.82) is 0 Å². The molecule has 0 fully saturated rings. The number of benzene rings is 1. The first-order chi connectivity index (χ1) is 12.8. The highest BCUT2D eigenvalue weighted by atomic mass is 32.2. The number of esters is 1. The maximum Gasteiger partial charge on any atom is 0.331 e. The minimum Gasteiger partial charge on any atom is -0.467 e. The predicted molar refractivity (Wildman–Crippen MR) is 101 cm³/mol. The molecule has 1 rings (SSSR count). The van der Waals surface area contributed by atoms with Gasteiger partial charge < -0.3 is 14.4 Å². The Labute approximate surface area is 160 Å².